The lowest BCUT2D eigenvalue weighted by molar-refractivity contribution is 0.387. The van der Waals surface area contributed by atoms with Crippen LogP contribution in [-0.4, -0.2) is 15.3 Å². The summed E-state index contributed by atoms with van der Waals surface area (Å²) in [5, 5.41) is 38.1. The highest BCUT2D eigenvalue weighted by molar-refractivity contribution is 5.58. The molecule has 0 spiro atoms. The van der Waals surface area contributed by atoms with Gasteiger partial charge >= 0.3 is 0 Å². The average molecular weight is 296 g/mol. The van der Waals surface area contributed by atoms with E-state index in [0.29, 0.717) is 16.9 Å². The van der Waals surface area contributed by atoms with Gasteiger partial charge in [0.1, 0.15) is 23.1 Å². The highest BCUT2D eigenvalue weighted by atomic mass is 16.5. The largest absolute Gasteiger partial charge is 0.508 e. The molecule has 6 heteroatoms. The monoisotopic (exact) mass is 296 g/mol. The van der Waals surface area contributed by atoms with Gasteiger partial charge in [0.15, 0.2) is 11.5 Å². The molecule has 22 heavy (non-hydrogen) atoms. The van der Waals surface area contributed by atoms with E-state index in [9.17, 15) is 20.6 Å². The van der Waals surface area contributed by atoms with Gasteiger partial charge in [-0.05, 0) is 23.8 Å². The number of nitrogens with zero attached hydrogens (tertiary/aromatic N) is 1. The number of hydrogen-bond donors (Lipinski definition) is 4. The second-order valence-corrected chi connectivity index (χ2v) is 4.90. The fourth-order valence-electron chi connectivity index (χ4n) is 2.51. The molecule has 0 radical (unpaired) electrons. The van der Waals surface area contributed by atoms with Crippen LogP contribution in [-0.2, 0) is 0 Å². The molecule has 2 aromatic rings. The number of nitrogens with two attached hydrogens (primary N) is 1. The molecule has 1 atom stereocenters. The SMILES string of the molecule is N#CC1=C(N)Oc2cc(O)ccc2C1c1ccc(O)c(O)c1. The van der Waals surface area contributed by atoms with E-state index in [0.717, 1.165) is 0 Å². The molecule has 1 unspecified atom stereocenters. The zero-order chi connectivity index (χ0) is 15.9. The number of rotatable bonds is 1. The van der Waals surface area contributed by atoms with Crippen molar-refractivity contribution in [3.05, 3.63) is 59.0 Å². The van der Waals surface area contributed by atoms with Crippen LogP contribution in [0.5, 0.6) is 23.0 Å². The zero-order valence-corrected chi connectivity index (χ0v) is 11.3. The lowest BCUT2D eigenvalue weighted by Crippen LogP contribution is -2.20. The van der Waals surface area contributed by atoms with Gasteiger partial charge in [-0.25, -0.2) is 0 Å². The predicted octanol–water partition coefficient (Wildman–Crippen LogP) is 2.02. The summed E-state index contributed by atoms with van der Waals surface area (Å²) in [6, 6.07) is 10.8. The van der Waals surface area contributed by atoms with E-state index in [1.54, 1.807) is 12.1 Å². The molecule has 0 aromatic heterocycles. The Morgan fingerprint density at radius 3 is 2.50 bits per heavy atom. The van der Waals surface area contributed by atoms with Crippen molar-refractivity contribution in [3.63, 3.8) is 0 Å². The topological polar surface area (TPSA) is 120 Å². The number of nitriles is 1. The molecule has 0 fully saturated rings. The smallest absolute Gasteiger partial charge is 0.205 e. The van der Waals surface area contributed by atoms with Crippen molar-refractivity contribution in [2.75, 3.05) is 0 Å². The second kappa shape index (κ2) is 4.90. The van der Waals surface area contributed by atoms with Crippen LogP contribution in [0.1, 0.15) is 17.0 Å². The highest BCUT2D eigenvalue weighted by Crippen LogP contribution is 2.44. The molecule has 0 bridgehead atoms. The first-order valence-corrected chi connectivity index (χ1v) is 6.43. The molecular formula is C16H12N2O4. The number of fused-ring (bicyclic) bond motifs is 1. The van der Waals surface area contributed by atoms with E-state index >= 15 is 0 Å². The van der Waals surface area contributed by atoms with Crippen molar-refractivity contribution < 1.29 is 20.1 Å². The van der Waals surface area contributed by atoms with Gasteiger partial charge in [0, 0.05) is 11.6 Å². The summed E-state index contributed by atoms with van der Waals surface area (Å²) >= 11 is 0. The van der Waals surface area contributed by atoms with Crippen molar-refractivity contribution in [3.8, 4) is 29.1 Å². The lowest BCUT2D eigenvalue weighted by Gasteiger charge is -2.26. The van der Waals surface area contributed by atoms with Crippen molar-refractivity contribution in [1.82, 2.24) is 0 Å². The Bertz CT molecular complexity index is 837. The zero-order valence-electron chi connectivity index (χ0n) is 11.3. The number of aromatic hydroxyl groups is 3. The third kappa shape index (κ3) is 2.05. The van der Waals surface area contributed by atoms with Crippen molar-refractivity contribution >= 4 is 0 Å². The maximum Gasteiger partial charge on any atom is 0.205 e. The van der Waals surface area contributed by atoms with Gasteiger partial charge in [0.25, 0.3) is 0 Å². The van der Waals surface area contributed by atoms with Crippen LogP contribution in [0.15, 0.2) is 47.9 Å². The second-order valence-electron chi connectivity index (χ2n) is 4.90. The number of hydrogen-bond acceptors (Lipinski definition) is 6. The van der Waals surface area contributed by atoms with Crippen molar-refractivity contribution in [2.45, 2.75) is 5.92 Å². The predicted molar refractivity (Wildman–Crippen MR) is 77.2 cm³/mol. The molecule has 0 amide bonds. The standard InChI is InChI=1S/C16H12N2O4/c17-7-11-15(8-1-4-12(20)13(21)5-8)10-3-2-9(19)6-14(10)22-16(11)18/h1-6,15,19-21H,18H2. The summed E-state index contributed by atoms with van der Waals surface area (Å²) in [4.78, 5) is 0. The first kappa shape index (κ1) is 13.6. The maximum absolute atomic E-state index is 9.70. The molecule has 3 rings (SSSR count). The van der Waals surface area contributed by atoms with Crippen LogP contribution in [0, 0.1) is 11.3 Å². The van der Waals surface area contributed by atoms with Crippen LogP contribution in [0.3, 0.4) is 0 Å². The van der Waals surface area contributed by atoms with Crippen LogP contribution in [0.2, 0.25) is 0 Å². The fraction of sp³-hybridized carbons (Fsp3) is 0.0625. The summed E-state index contributed by atoms with van der Waals surface area (Å²) in [6.45, 7) is 0. The van der Waals surface area contributed by atoms with Crippen molar-refractivity contribution in [2.24, 2.45) is 5.73 Å². The van der Waals surface area contributed by atoms with Crippen LogP contribution in [0.25, 0.3) is 0 Å². The number of benzene rings is 2. The lowest BCUT2D eigenvalue weighted by atomic mass is 9.83. The summed E-state index contributed by atoms with van der Waals surface area (Å²) in [6.07, 6.45) is 0. The number of allylic oxidation sites excluding steroid dienone is 1. The minimum Gasteiger partial charge on any atom is -0.508 e. The molecule has 2 aromatic carbocycles. The third-order valence-electron chi connectivity index (χ3n) is 3.54. The van der Waals surface area contributed by atoms with E-state index in [1.165, 1.54) is 24.3 Å². The Morgan fingerprint density at radius 2 is 1.82 bits per heavy atom. The Kier molecular flexibility index (Phi) is 3.04. The number of ether oxygens (including phenoxy) is 1. The van der Waals surface area contributed by atoms with Gasteiger partial charge in [0.05, 0.1) is 5.92 Å². The van der Waals surface area contributed by atoms with E-state index in [4.69, 9.17) is 10.5 Å². The molecular weight excluding hydrogens is 284 g/mol. The average Bonchev–Trinajstić information content (AvgIpc) is 2.48. The minimum atomic E-state index is -0.555. The molecule has 1 heterocycles. The Labute approximate surface area is 125 Å². The van der Waals surface area contributed by atoms with Gasteiger partial charge < -0.3 is 25.8 Å². The molecule has 6 nitrogen and oxygen atoms in total. The van der Waals surface area contributed by atoms with Gasteiger partial charge in [-0.3, -0.25) is 0 Å². The molecule has 0 aliphatic carbocycles. The first-order chi connectivity index (χ1) is 10.5. The van der Waals surface area contributed by atoms with Crippen LogP contribution < -0.4 is 10.5 Å². The number of phenolic OH excluding ortho intramolecular Hbond substituents is 3. The van der Waals surface area contributed by atoms with E-state index < -0.39 is 5.92 Å². The van der Waals surface area contributed by atoms with Gasteiger partial charge in [-0.15, -0.1) is 0 Å². The molecule has 1 aliphatic rings. The molecule has 0 saturated carbocycles. The molecule has 0 saturated heterocycles. The van der Waals surface area contributed by atoms with E-state index in [-0.39, 0.29) is 28.7 Å². The van der Waals surface area contributed by atoms with Gasteiger partial charge in [-0.2, -0.15) is 5.26 Å². The Hall–Kier alpha value is -3.33. The van der Waals surface area contributed by atoms with Crippen LogP contribution in [0.4, 0.5) is 0 Å². The van der Waals surface area contributed by atoms with Gasteiger partial charge in [0.2, 0.25) is 5.88 Å². The molecule has 110 valence electrons. The maximum atomic E-state index is 9.70. The van der Waals surface area contributed by atoms with E-state index in [1.807, 2.05) is 6.07 Å². The first-order valence-electron chi connectivity index (χ1n) is 6.43. The Balaban J connectivity index is 2.23. The third-order valence-corrected chi connectivity index (χ3v) is 3.54. The summed E-state index contributed by atoms with van der Waals surface area (Å²) in [7, 11) is 0. The Morgan fingerprint density at radius 1 is 1.05 bits per heavy atom. The summed E-state index contributed by atoms with van der Waals surface area (Å²) in [5.74, 6) is -0.801. The normalized spacial score (nSPS) is 16.6. The summed E-state index contributed by atoms with van der Waals surface area (Å²) in [5.41, 5.74) is 7.20. The quantitative estimate of drug-likeness (QED) is 0.598. The fourth-order valence-corrected chi connectivity index (χ4v) is 2.51. The highest BCUT2D eigenvalue weighted by Gasteiger charge is 2.31. The van der Waals surface area contributed by atoms with Gasteiger partial charge in [-0.1, -0.05) is 12.1 Å². The molecule has 1 aliphatic heterocycles. The number of phenols is 3. The molecule has 5 N–H and O–H groups in total. The van der Waals surface area contributed by atoms with Crippen LogP contribution >= 0.6 is 0 Å². The minimum absolute atomic E-state index is 0.0132. The summed E-state index contributed by atoms with van der Waals surface area (Å²) < 4.78 is 5.38. The van der Waals surface area contributed by atoms with E-state index in [2.05, 4.69) is 0 Å². The van der Waals surface area contributed by atoms with Crippen molar-refractivity contribution in [1.29, 1.82) is 5.26 Å².